The van der Waals surface area contributed by atoms with E-state index in [2.05, 4.69) is 10.3 Å². The summed E-state index contributed by atoms with van der Waals surface area (Å²) >= 11 is 1.63. The molecular weight excluding hydrogens is 384 g/mol. The third kappa shape index (κ3) is 5.40. The number of carbonyl (C=O) groups is 2. The summed E-state index contributed by atoms with van der Waals surface area (Å²) in [6.45, 7) is 4.43. The Balaban J connectivity index is 1.54. The number of nitrogens with one attached hydrogen (secondary N) is 1. The molecule has 7 heteroatoms. The SMILES string of the molecule is Cc1ccc(NC(=O)CN(C)C(=O)[C@H](C)N(C)Cc2nc3ccccc3s2)cc1. The molecule has 2 amide bonds. The van der Waals surface area contributed by atoms with Crippen molar-refractivity contribution in [2.24, 2.45) is 0 Å². The molecule has 152 valence electrons. The van der Waals surface area contributed by atoms with Crippen molar-refractivity contribution >= 4 is 39.1 Å². The highest BCUT2D eigenvalue weighted by atomic mass is 32.1. The number of amides is 2. The number of benzene rings is 2. The van der Waals surface area contributed by atoms with E-state index >= 15 is 0 Å². The number of hydrogen-bond acceptors (Lipinski definition) is 5. The van der Waals surface area contributed by atoms with Gasteiger partial charge in [-0.25, -0.2) is 4.98 Å². The molecule has 3 aromatic rings. The summed E-state index contributed by atoms with van der Waals surface area (Å²) in [6, 6.07) is 15.2. The van der Waals surface area contributed by atoms with Crippen molar-refractivity contribution in [3.05, 3.63) is 59.1 Å². The van der Waals surface area contributed by atoms with Crippen LogP contribution < -0.4 is 5.32 Å². The first-order valence-electron chi connectivity index (χ1n) is 9.49. The van der Waals surface area contributed by atoms with Gasteiger partial charge < -0.3 is 10.2 Å². The first kappa shape index (κ1) is 21.0. The molecule has 0 aliphatic rings. The van der Waals surface area contributed by atoms with E-state index in [1.54, 1.807) is 18.4 Å². The second kappa shape index (κ2) is 9.15. The van der Waals surface area contributed by atoms with Crippen molar-refractivity contribution in [1.82, 2.24) is 14.8 Å². The molecule has 0 spiro atoms. The van der Waals surface area contributed by atoms with Crippen molar-refractivity contribution in [3.63, 3.8) is 0 Å². The second-order valence-corrected chi connectivity index (χ2v) is 8.39. The summed E-state index contributed by atoms with van der Waals surface area (Å²) in [6.07, 6.45) is 0. The molecule has 0 unspecified atom stereocenters. The van der Waals surface area contributed by atoms with Crippen LogP contribution in [0.15, 0.2) is 48.5 Å². The van der Waals surface area contributed by atoms with Gasteiger partial charge in [-0.2, -0.15) is 0 Å². The summed E-state index contributed by atoms with van der Waals surface area (Å²) in [7, 11) is 3.55. The smallest absolute Gasteiger partial charge is 0.243 e. The zero-order valence-corrected chi connectivity index (χ0v) is 18.0. The monoisotopic (exact) mass is 410 g/mol. The summed E-state index contributed by atoms with van der Waals surface area (Å²) in [5, 5.41) is 3.79. The Morgan fingerprint density at radius 1 is 1.10 bits per heavy atom. The van der Waals surface area contributed by atoms with Crippen LogP contribution in [0.3, 0.4) is 0 Å². The lowest BCUT2D eigenvalue weighted by Gasteiger charge is -2.27. The van der Waals surface area contributed by atoms with Gasteiger partial charge in [0.2, 0.25) is 11.8 Å². The standard InChI is InChI=1S/C22H26N4O2S/c1-15-9-11-17(12-10-15)23-20(27)13-26(4)22(28)16(2)25(3)14-21-24-18-7-5-6-8-19(18)29-21/h5-12,16H,13-14H2,1-4H3,(H,23,27)/t16-/m0/s1. The van der Waals surface area contributed by atoms with E-state index in [1.165, 1.54) is 4.90 Å². The van der Waals surface area contributed by atoms with Crippen LogP contribution in [0.2, 0.25) is 0 Å². The van der Waals surface area contributed by atoms with Gasteiger partial charge in [0.05, 0.1) is 29.3 Å². The predicted molar refractivity (Wildman–Crippen MR) is 118 cm³/mol. The number of aromatic nitrogens is 1. The first-order chi connectivity index (χ1) is 13.8. The summed E-state index contributed by atoms with van der Waals surface area (Å²) < 4.78 is 1.14. The van der Waals surface area contributed by atoms with Crippen LogP contribution in [0.4, 0.5) is 5.69 Å². The third-order valence-corrected chi connectivity index (χ3v) is 5.85. The molecule has 1 N–H and O–H groups in total. The summed E-state index contributed by atoms with van der Waals surface area (Å²) in [5.74, 6) is -0.321. The fourth-order valence-electron chi connectivity index (χ4n) is 2.98. The Labute approximate surface area is 175 Å². The minimum absolute atomic E-state index is 0.00598. The number of aryl methyl sites for hydroxylation is 1. The normalized spacial score (nSPS) is 12.2. The van der Waals surface area contributed by atoms with Gasteiger partial charge in [-0.15, -0.1) is 11.3 Å². The van der Waals surface area contributed by atoms with E-state index in [9.17, 15) is 9.59 Å². The van der Waals surface area contributed by atoms with Gasteiger partial charge in [-0.3, -0.25) is 14.5 Å². The van der Waals surface area contributed by atoms with Gasteiger partial charge in [0.25, 0.3) is 0 Å². The molecule has 0 aliphatic heterocycles. The van der Waals surface area contributed by atoms with Gasteiger partial charge in [-0.05, 0) is 45.2 Å². The number of carbonyl (C=O) groups excluding carboxylic acids is 2. The molecule has 1 aromatic heterocycles. The average Bonchev–Trinajstić information content (AvgIpc) is 3.10. The molecule has 0 fully saturated rings. The summed E-state index contributed by atoms with van der Waals surface area (Å²) in [4.78, 5) is 33.1. The van der Waals surface area contributed by atoms with Gasteiger partial charge in [0.1, 0.15) is 5.01 Å². The molecule has 0 radical (unpaired) electrons. The Morgan fingerprint density at radius 2 is 1.79 bits per heavy atom. The van der Waals surface area contributed by atoms with Gasteiger partial charge >= 0.3 is 0 Å². The minimum Gasteiger partial charge on any atom is -0.335 e. The zero-order chi connectivity index (χ0) is 21.0. The van der Waals surface area contributed by atoms with Crippen LogP contribution in [-0.2, 0) is 16.1 Å². The number of hydrogen-bond donors (Lipinski definition) is 1. The van der Waals surface area contributed by atoms with E-state index in [1.807, 2.05) is 74.3 Å². The topological polar surface area (TPSA) is 65.5 Å². The number of rotatable bonds is 7. The Hall–Kier alpha value is -2.77. The van der Waals surface area contributed by atoms with Crippen molar-refractivity contribution in [2.75, 3.05) is 26.0 Å². The second-order valence-electron chi connectivity index (χ2n) is 7.27. The highest BCUT2D eigenvalue weighted by Crippen LogP contribution is 2.23. The molecule has 0 saturated carbocycles. The van der Waals surface area contributed by atoms with Crippen LogP contribution in [0.5, 0.6) is 0 Å². The van der Waals surface area contributed by atoms with E-state index in [0.717, 1.165) is 26.5 Å². The number of likely N-dealkylation sites (N-methyl/N-ethyl adjacent to an activating group) is 2. The maximum atomic E-state index is 12.8. The number of nitrogens with zero attached hydrogens (tertiary/aromatic N) is 3. The third-order valence-electron chi connectivity index (χ3n) is 4.83. The first-order valence-corrected chi connectivity index (χ1v) is 10.3. The number of para-hydroxylation sites is 1. The number of thiazole rings is 1. The molecule has 0 bridgehead atoms. The average molecular weight is 411 g/mol. The molecule has 1 atom stereocenters. The zero-order valence-electron chi connectivity index (χ0n) is 17.2. The Bertz CT molecular complexity index is 966. The molecule has 29 heavy (non-hydrogen) atoms. The van der Waals surface area contributed by atoms with E-state index in [-0.39, 0.29) is 24.4 Å². The Kier molecular flexibility index (Phi) is 6.61. The van der Waals surface area contributed by atoms with Crippen LogP contribution in [0.1, 0.15) is 17.5 Å². The summed E-state index contributed by atoms with van der Waals surface area (Å²) in [5.41, 5.74) is 2.83. The lowest BCUT2D eigenvalue weighted by Crippen LogP contribution is -2.46. The fourth-order valence-corrected chi connectivity index (χ4v) is 4.01. The maximum Gasteiger partial charge on any atom is 0.243 e. The quantitative estimate of drug-likeness (QED) is 0.647. The number of anilines is 1. The van der Waals surface area contributed by atoms with E-state index < -0.39 is 0 Å². The molecule has 0 aliphatic carbocycles. The lowest BCUT2D eigenvalue weighted by atomic mass is 10.2. The van der Waals surface area contributed by atoms with Gasteiger partial charge in [0, 0.05) is 12.7 Å². The van der Waals surface area contributed by atoms with Gasteiger partial charge in [-0.1, -0.05) is 29.8 Å². The largest absolute Gasteiger partial charge is 0.335 e. The van der Waals surface area contributed by atoms with E-state index in [4.69, 9.17) is 0 Å². The molecule has 0 saturated heterocycles. The minimum atomic E-state index is -0.362. The van der Waals surface area contributed by atoms with Crippen molar-refractivity contribution in [1.29, 1.82) is 0 Å². The highest BCUT2D eigenvalue weighted by Gasteiger charge is 2.24. The van der Waals surface area contributed by atoms with Crippen LogP contribution in [-0.4, -0.2) is 53.3 Å². The molecule has 6 nitrogen and oxygen atoms in total. The Morgan fingerprint density at radius 3 is 2.48 bits per heavy atom. The molecular formula is C22H26N4O2S. The molecule has 1 heterocycles. The van der Waals surface area contributed by atoms with Crippen LogP contribution >= 0.6 is 11.3 Å². The van der Waals surface area contributed by atoms with E-state index in [0.29, 0.717) is 6.54 Å². The van der Waals surface area contributed by atoms with Crippen molar-refractivity contribution in [2.45, 2.75) is 26.4 Å². The van der Waals surface area contributed by atoms with Crippen LogP contribution in [0.25, 0.3) is 10.2 Å². The maximum absolute atomic E-state index is 12.8. The van der Waals surface area contributed by atoms with Gasteiger partial charge in [0.15, 0.2) is 0 Å². The van der Waals surface area contributed by atoms with Crippen molar-refractivity contribution in [3.8, 4) is 0 Å². The number of fused-ring (bicyclic) bond motifs is 1. The van der Waals surface area contributed by atoms with Crippen molar-refractivity contribution < 1.29 is 9.59 Å². The predicted octanol–water partition coefficient (Wildman–Crippen LogP) is 3.52. The lowest BCUT2D eigenvalue weighted by molar-refractivity contribution is -0.137. The van der Waals surface area contributed by atoms with Crippen LogP contribution in [0, 0.1) is 6.92 Å². The fraction of sp³-hybridized carbons (Fsp3) is 0.318. The molecule has 3 rings (SSSR count). The molecule has 2 aromatic carbocycles. The highest BCUT2D eigenvalue weighted by molar-refractivity contribution is 7.18.